The Bertz CT molecular complexity index is 1270. The molecule has 0 atom stereocenters. The Labute approximate surface area is 163 Å². The summed E-state index contributed by atoms with van der Waals surface area (Å²) in [4.78, 5) is 4.62. The van der Waals surface area contributed by atoms with Gasteiger partial charge in [-0.2, -0.15) is 0 Å². The molecule has 0 N–H and O–H groups in total. The molecule has 0 aliphatic carbocycles. The number of hydrogen-bond donors (Lipinski definition) is 0. The van der Waals surface area contributed by atoms with E-state index in [1.165, 1.54) is 0 Å². The molecule has 0 amide bonds. The van der Waals surface area contributed by atoms with Crippen LogP contribution in [0, 0.1) is 6.92 Å². The van der Waals surface area contributed by atoms with Gasteiger partial charge in [-0.15, -0.1) is 0 Å². The maximum atomic E-state index is 5.96. The number of hydrogen-bond acceptors (Lipinski definition) is 3. The molecular formula is C25H19NO2. The van der Waals surface area contributed by atoms with Crippen LogP contribution in [-0.2, 0) is 6.61 Å². The number of rotatable bonds is 4. The summed E-state index contributed by atoms with van der Waals surface area (Å²) < 4.78 is 11.9. The zero-order valence-electron chi connectivity index (χ0n) is 15.6. The number of aryl methyl sites for hydroxylation is 1. The lowest BCUT2D eigenvalue weighted by Crippen LogP contribution is -1.94. The molecule has 3 heteroatoms. The Hall–Kier alpha value is -3.59. The highest BCUT2D eigenvalue weighted by molar-refractivity contribution is 5.88. The second-order valence-electron chi connectivity index (χ2n) is 6.99. The first-order valence-corrected chi connectivity index (χ1v) is 9.33. The Kier molecular flexibility index (Phi) is 4.06. The summed E-state index contributed by atoms with van der Waals surface area (Å²) in [5.74, 6) is 1.51. The molecule has 0 unspecified atom stereocenters. The van der Waals surface area contributed by atoms with Gasteiger partial charge in [0.25, 0.3) is 0 Å². The lowest BCUT2D eigenvalue weighted by molar-refractivity contribution is 0.306. The molecule has 0 fully saturated rings. The third kappa shape index (κ3) is 3.23. The van der Waals surface area contributed by atoms with E-state index in [9.17, 15) is 0 Å². The van der Waals surface area contributed by atoms with Crippen LogP contribution in [0.1, 0.15) is 11.1 Å². The predicted molar refractivity (Wildman–Crippen MR) is 112 cm³/mol. The molecule has 4 aromatic carbocycles. The van der Waals surface area contributed by atoms with Crippen molar-refractivity contribution in [2.24, 2.45) is 0 Å². The van der Waals surface area contributed by atoms with Crippen molar-refractivity contribution < 1.29 is 9.15 Å². The van der Waals surface area contributed by atoms with Crippen molar-refractivity contribution in [3.8, 4) is 17.2 Å². The molecule has 5 rings (SSSR count). The molecule has 0 bridgehead atoms. The maximum Gasteiger partial charge on any atom is 0.227 e. The van der Waals surface area contributed by atoms with Crippen LogP contribution in [0.4, 0.5) is 0 Å². The zero-order valence-corrected chi connectivity index (χ0v) is 15.6. The average molecular weight is 365 g/mol. The van der Waals surface area contributed by atoms with Crippen molar-refractivity contribution >= 4 is 21.9 Å². The van der Waals surface area contributed by atoms with Gasteiger partial charge in [-0.1, -0.05) is 48.5 Å². The van der Waals surface area contributed by atoms with E-state index in [2.05, 4.69) is 48.3 Å². The fourth-order valence-corrected chi connectivity index (χ4v) is 3.34. The highest BCUT2D eigenvalue weighted by Gasteiger charge is 2.09. The zero-order chi connectivity index (χ0) is 18.9. The number of nitrogens with zero attached hydrogens (tertiary/aromatic N) is 1. The third-order valence-electron chi connectivity index (χ3n) is 4.85. The first kappa shape index (κ1) is 16.6. The van der Waals surface area contributed by atoms with Crippen LogP contribution >= 0.6 is 0 Å². The van der Waals surface area contributed by atoms with Crippen LogP contribution in [0.3, 0.4) is 0 Å². The van der Waals surface area contributed by atoms with Crippen molar-refractivity contribution in [3.63, 3.8) is 0 Å². The summed E-state index contributed by atoms with van der Waals surface area (Å²) in [6.07, 6.45) is 0. The number of fused-ring (bicyclic) bond motifs is 2. The molecule has 0 aliphatic heterocycles. The third-order valence-corrected chi connectivity index (χ3v) is 4.85. The van der Waals surface area contributed by atoms with Crippen LogP contribution in [0.15, 0.2) is 89.3 Å². The van der Waals surface area contributed by atoms with Crippen molar-refractivity contribution in [2.75, 3.05) is 0 Å². The summed E-state index contributed by atoms with van der Waals surface area (Å²) in [6, 6.07) is 28.6. The highest BCUT2D eigenvalue weighted by Crippen LogP contribution is 2.29. The number of ether oxygens (including phenoxy) is 1. The van der Waals surface area contributed by atoms with Gasteiger partial charge in [-0.25, -0.2) is 4.98 Å². The number of oxazole rings is 1. The van der Waals surface area contributed by atoms with E-state index in [0.29, 0.717) is 12.5 Å². The molecule has 0 radical (unpaired) electrons. The number of aromatic nitrogens is 1. The van der Waals surface area contributed by atoms with Crippen LogP contribution < -0.4 is 4.74 Å². The molecule has 5 aromatic rings. The Balaban J connectivity index is 1.42. The molecule has 3 nitrogen and oxygen atoms in total. The number of benzene rings is 4. The highest BCUT2D eigenvalue weighted by atomic mass is 16.5. The summed E-state index contributed by atoms with van der Waals surface area (Å²) in [7, 11) is 0. The molecule has 0 saturated heterocycles. The first-order chi connectivity index (χ1) is 13.7. The van der Waals surface area contributed by atoms with Crippen LogP contribution in [0.25, 0.3) is 33.3 Å². The minimum Gasteiger partial charge on any atom is -0.489 e. The lowest BCUT2D eigenvalue weighted by atomic mass is 10.1. The quantitative estimate of drug-likeness (QED) is 0.363. The summed E-state index contributed by atoms with van der Waals surface area (Å²) in [5, 5.41) is 2.25. The molecular weight excluding hydrogens is 346 g/mol. The second kappa shape index (κ2) is 6.86. The molecule has 0 saturated carbocycles. The molecule has 28 heavy (non-hydrogen) atoms. The molecule has 1 aromatic heterocycles. The van der Waals surface area contributed by atoms with Gasteiger partial charge >= 0.3 is 0 Å². The van der Waals surface area contributed by atoms with Crippen molar-refractivity contribution in [2.45, 2.75) is 13.5 Å². The summed E-state index contributed by atoms with van der Waals surface area (Å²) in [6.45, 7) is 2.61. The predicted octanol–water partition coefficient (Wildman–Crippen LogP) is 6.54. The second-order valence-corrected chi connectivity index (χ2v) is 6.99. The van der Waals surface area contributed by atoms with Gasteiger partial charge in [0.1, 0.15) is 17.9 Å². The Morgan fingerprint density at radius 3 is 2.54 bits per heavy atom. The van der Waals surface area contributed by atoms with Crippen LogP contribution in [-0.4, -0.2) is 4.98 Å². The average Bonchev–Trinajstić information content (AvgIpc) is 3.15. The minimum absolute atomic E-state index is 0.562. The van der Waals surface area contributed by atoms with Gasteiger partial charge in [0, 0.05) is 5.56 Å². The van der Waals surface area contributed by atoms with Crippen molar-refractivity contribution in [1.29, 1.82) is 0 Å². The first-order valence-electron chi connectivity index (χ1n) is 9.33. The van der Waals surface area contributed by atoms with E-state index in [1.54, 1.807) is 0 Å². The normalized spacial score (nSPS) is 11.2. The molecule has 136 valence electrons. The Morgan fingerprint density at radius 2 is 1.64 bits per heavy atom. The van der Waals surface area contributed by atoms with Gasteiger partial charge in [0.15, 0.2) is 5.58 Å². The lowest BCUT2D eigenvalue weighted by Gasteiger charge is -2.08. The van der Waals surface area contributed by atoms with E-state index in [1.807, 2.05) is 48.5 Å². The van der Waals surface area contributed by atoms with E-state index >= 15 is 0 Å². The van der Waals surface area contributed by atoms with Gasteiger partial charge in [-0.3, -0.25) is 0 Å². The standard InChI is InChI=1S/C25H19NO2/c1-17-7-12-23-24(13-17)28-25(26-23)21-9-8-20-15-22(11-10-19(20)14-21)27-16-18-5-3-2-4-6-18/h2-15H,16H2,1H3. The molecule has 1 heterocycles. The monoisotopic (exact) mass is 365 g/mol. The van der Waals surface area contributed by atoms with Crippen LogP contribution in [0.2, 0.25) is 0 Å². The van der Waals surface area contributed by atoms with E-state index in [4.69, 9.17) is 9.15 Å². The van der Waals surface area contributed by atoms with Crippen molar-refractivity contribution in [3.05, 3.63) is 96.1 Å². The summed E-state index contributed by atoms with van der Waals surface area (Å²) >= 11 is 0. The van der Waals surface area contributed by atoms with E-state index in [-0.39, 0.29) is 0 Å². The van der Waals surface area contributed by atoms with Crippen LogP contribution in [0.5, 0.6) is 5.75 Å². The van der Waals surface area contributed by atoms with E-state index < -0.39 is 0 Å². The van der Waals surface area contributed by atoms with Crippen molar-refractivity contribution in [1.82, 2.24) is 4.98 Å². The van der Waals surface area contributed by atoms with Gasteiger partial charge < -0.3 is 9.15 Å². The SMILES string of the molecule is Cc1ccc2nc(-c3ccc4cc(OCc5ccccc5)ccc4c3)oc2c1. The van der Waals surface area contributed by atoms with Gasteiger partial charge in [0.2, 0.25) is 5.89 Å². The van der Waals surface area contributed by atoms with E-state index in [0.717, 1.165) is 44.3 Å². The Morgan fingerprint density at radius 1 is 0.821 bits per heavy atom. The summed E-state index contributed by atoms with van der Waals surface area (Å²) in [5.41, 5.74) is 4.99. The molecule has 0 aliphatic rings. The fourth-order valence-electron chi connectivity index (χ4n) is 3.34. The molecule has 0 spiro atoms. The fraction of sp³-hybridized carbons (Fsp3) is 0.0800. The smallest absolute Gasteiger partial charge is 0.227 e. The largest absolute Gasteiger partial charge is 0.489 e. The maximum absolute atomic E-state index is 5.96. The topological polar surface area (TPSA) is 35.3 Å². The minimum atomic E-state index is 0.562. The van der Waals surface area contributed by atoms with Gasteiger partial charge in [0.05, 0.1) is 0 Å². The van der Waals surface area contributed by atoms with Gasteiger partial charge in [-0.05, 0) is 65.2 Å².